The molecule has 2 N–H and O–H groups in total. The van der Waals surface area contributed by atoms with Crippen LogP contribution < -0.4 is 5.32 Å². The van der Waals surface area contributed by atoms with Crippen LogP contribution in [0.4, 0.5) is 10.5 Å². The quantitative estimate of drug-likeness (QED) is 0.862. The first-order valence-electron chi connectivity index (χ1n) is 6.60. The minimum atomic E-state index is -0.497. The number of fused-ring (bicyclic) bond motifs is 1. The molecule has 0 aromatic heterocycles. The monoisotopic (exact) mass is 263 g/mol. The summed E-state index contributed by atoms with van der Waals surface area (Å²) in [6, 6.07) is 5.86. The predicted octanol–water partition coefficient (Wildman–Crippen LogP) is 2.74. The van der Waals surface area contributed by atoms with Gasteiger partial charge in [0.15, 0.2) is 0 Å². The maximum Gasteiger partial charge on any atom is 0.412 e. The van der Waals surface area contributed by atoms with Crippen LogP contribution in [0.15, 0.2) is 18.2 Å². The van der Waals surface area contributed by atoms with Crippen molar-refractivity contribution in [2.24, 2.45) is 5.92 Å². The Labute approximate surface area is 113 Å². The summed E-state index contributed by atoms with van der Waals surface area (Å²) in [5, 5.41) is 11.9. The molecule has 104 valence electrons. The zero-order chi connectivity index (χ0) is 14.0. The van der Waals surface area contributed by atoms with Crippen molar-refractivity contribution in [3.63, 3.8) is 0 Å². The fourth-order valence-electron chi connectivity index (χ4n) is 2.34. The Morgan fingerprint density at radius 2 is 2.05 bits per heavy atom. The highest BCUT2D eigenvalue weighted by Crippen LogP contribution is 2.28. The van der Waals surface area contributed by atoms with Gasteiger partial charge in [0, 0.05) is 12.3 Å². The second-order valence-corrected chi connectivity index (χ2v) is 6.07. The second kappa shape index (κ2) is 5.21. The molecule has 4 nitrogen and oxygen atoms in total. The average Bonchev–Trinajstić information content (AvgIpc) is 2.68. The van der Waals surface area contributed by atoms with E-state index in [1.165, 1.54) is 11.1 Å². The van der Waals surface area contributed by atoms with Gasteiger partial charge < -0.3 is 9.84 Å². The molecule has 1 aliphatic rings. The van der Waals surface area contributed by atoms with Crippen LogP contribution in [0.1, 0.15) is 31.9 Å². The number of carbonyl (C=O) groups is 1. The molecule has 0 saturated heterocycles. The number of rotatable bonds is 2. The van der Waals surface area contributed by atoms with E-state index >= 15 is 0 Å². The number of benzene rings is 1. The number of ether oxygens (including phenoxy) is 1. The Bertz CT molecular complexity index is 477. The van der Waals surface area contributed by atoms with Gasteiger partial charge in [-0.15, -0.1) is 0 Å². The van der Waals surface area contributed by atoms with E-state index < -0.39 is 11.7 Å². The number of amides is 1. The van der Waals surface area contributed by atoms with Crippen molar-refractivity contribution in [1.29, 1.82) is 0 Å². The molecule has 1 atom stereocenters. The number of hydrogen-bond acceptors (Lipinski definition) is 3. The molecule has 0 radical (unpaired) electrons. The van der Waals surface area contributed by atoms with Crippen molar-refractivity contribution in [1.82, 2.24) is 0 Å². The SMILES string of the molecule is CC(C)(C)OC(=O)Nc1ccc2c(c1)CC(CO)C2. The Kier molecular flexibility index (Phi) is 3.80. The molecular weight excluding hydrogens is 242 g/mol. The van der Waals surface area contributed by atoms with Gasteiger partial charge in [-0.2, -0.15) is 0 Å². The molecule has 1 aromatic rings. The van der Waals surface area contributed by atoms with Gasteiger partial charge in [0.05, 0.1) is 0 Å². The number of carbonyl (C=O) groups excluding carboxylic acids is 1. The van der Waals surface area contributed by atoms with E-state index in [4.69, 9.17) is 4.74 Å². The third-order valence-corrected chi connectivity index (χ3v) is 3.13. The minimum absolute atomic E-state index is 0.212. The zero-order valence-electron chi connectivity index (χ0n) is 11.7. The highest BCUT2D eigenvalue weighted by Gasteiger charge is 2.21. The zero-order valence-corrected chi connectivity index (χ0v) is 11.7. The summed E-state index contributed by atoms with van der Waals surface area (Å²) in [4.78, 5) is 11.7. The van der Waals surface area contributed by atoms with Crippen LogP contribution in [0.25, 0.3) is 0 Å². The number of aliphatic hydroxyl groups is 1. The van der Waals surface area contributed by atoms with Crippen LogP contribution in [0, 0.1) is 5.92 Å². The normalized spacial score (nSPS) is 18.0. The summed E-state index contributed by atoms with van der Waals surface area (Å²) in [7, 11) is 0. The van der Waals surface area contributed by atoms with Gasteiger partial charge >= 0.3 is 6.09 Å². The third kappa shape index (κ3) is 3.70. The van der Waals surface area contributed by atoms with Crippen molar-refractivity contribution in [3.8, 4) is 0 Å². The Hall–Kier alpha value is -1.55. The fraction of sp³-hybridized carbons (Fsp3) is 0.533. The molecule has 19 heavy (non-hydrogen) atoms. The van der Waals surface area contributed by atoms with E-state index in [1.807, 2.05) is 39.0 Å². The molecule has 2 rings (SSSR count). The summed E-state index contributed by atoms with van der Waals surface area (Å²) < 4.78 is 5.21. The van der Waals surface area contributed by atoms with E-state index in [9.17, 15) is 9.90 Å². The second-order valence-electron chi connectivity index (χ2n) is 6.07. The highest BCUT2D eigenvalue weighted by atomic mass is 16.6. The highest BCUT2D eigenvalue weighted by molar-refractivity contribution is 5.85. The molecule has 0 heterocycles. The molecule has 0 spiro atoms. The van der Waals surface area contributed by atoms with Crippen molar-refractivity contribution in [2.75, 3.05) is 11.9 Å². The van der Waals surface area contributed by atoms with Crippen molar-refractivity contribution >= 4 is 11.8 Å². The van der Waals surface area contributed by atoms with Crippen LogP contribution in [0.5, 0.6) is 0 Å². The summed E-state index contributed by atoms with van der Waals surface area (Å²) in [6.45, 7) is 5.72. The van der Waals surface area contributed by atoms with Crippen molar-refractivity contribution in [2.45, 2.75) is 39.2 Å². The maximum atomic E-state index is 11.7. The lowest BCUT2D eigenvalue weighted by Crippen LogP contribution is -2.27. The van der Waals surface area contributed by atoms with Gasteiger partial charge in [-0.25, -0.2) is 4.79 Å². The summed E-state index contributed by atoms with van der Waals surface area (Å²) in [6.07, 6.45) is 1.35. The Morgan fingerprint density at radius 1 is 1.37 bits per heavy atom. The molecule has 1 aliphatic carbocycles. The van der Waals surface area contributed by atoms with E-state index in [-0.39, 0.29) is 6.61 Å². The summed E-state index contributed by atoms with van der Waals surface area (Å²) >= 11 is 0. The topological polar surface area (TPSA) is 58.6 Å². The lowest BCUT2D eigenvalue weighted by atomic mass is 10.1. The molecule has 1 unspecified atom stereocenters. The molecule has 0 saturated carbocycles. The Morgan fingerprint density at radius 3 is 2.68 bits per heavy atom. The fourth-order valence-corrected chi connectivity index (χ4v) is 2.34. The van der Waals surface area contributed by atoms with E-state index in [2.05, 4.69) is 5.32 Å². The molecule has 4 heteroatoms. The van der Waals surface area contributed by atoms with Crippen LogP contribution >= 0.6 is 0 Å². The van der Waals surface area contributed by atoms with Crippen LogP contribution in [0.3, 0.4) is 0 Å². The number of nitrogens with one attached hydrogen (secondary N) is 1. The summed E-state index contributed by atoms with van der Waals surface area (Å²) in [5.74, 6) is 0.312. The first-order chi connectivity index (χ1) is 8.87. The lowest BCUT2D eigenvalue weighted by molar-refractivity contribution is 0.0636. The average molecular weight is 263 g/mol. The molecule has 0 aliphatic heterocycles. The van der Waals surface area contributed by atoms with E-state index in [1.54, 1.807) is 0 Å². The van der Waals surface area contributed by atoms with Crippen molar-refractivity contribution < 1.29 is 14.6 Å². The molecule has 0 bridgehead atoms. The third-order valence-electron chi connectivity index (χ3n) is 3.13. The first-order valence-corrected chi connectivity index (χ1v) is 6.60. The minimum Gasteiger partial charge on any atom is -0.444 e. The molecular formula is C15H21NO3. The molecule has 0 fully saturated rings. The lowest BCUT2D eigenvalue weighted by Gasteiger charge is -2.19. The van der Waals surface area contributed by atoms with Crippen molar-refractivity contribution in [3.05, 3.63) is 29.3 Å². The van der Waals surface area contributed by atoms with E-state index in [0.29, 0.717) is 5.92 Å². The van der Waals surface area contributed by atoms with Gasteiger partial charge in [-0.3, -0.25) is 5.32 Å². The molecule has 1 aromatic carbocycles. The summed E-state index contributed by atoms with van der Waals surface area (Å²) in [5.41, 5.74) is 2.70. The van der Waals surface area contributed by atoms with Crippen LogP contribution in [-0.4, -0.2) is 23.4 Å². The van der Waals surface area contributed by atoms with Gasteiger partial charge in [0.2, 0.25) is 0 Å². The molecule has 1 amide bonds. The standard InChI is InChI=1S/C15H21NO3/c1-15(2,3)19-14(18)16-13-5-4-11-6-10(9-17)7-12(11)8-13/h4-5,8,10,17H,6-7,9H2,1-3H3,(H,16,18). The maximum absolute atomic E-state index is 11.7. The Balaban J connectivity index is 2.02. The van der Waals surface area contributed by atoms with E-state index in [0.717, 1.165) is 18.5 Å². The first kappa shape index (κ1) is 13.9. The predicted molar refractivity (Wildman–Crippen MR) is 74.3 cm³/mol. The van der Waals surface area contributed by atoms with Gasteiger partial charge in [-0.05, 0) is 62.8 Å². The van der Waals surface area contributed by atoms with Gasteiger partial charge in [-0.1, -0.05) is 6.07 Å². The largest absolute Gasteiger partial charge is 0.444 e. The van der Waals surface area contributed by atoms with Crippen LogP contribution in [0.2, 0.25) is 0 Å². The van der Waals surface area contributed by atoms with Gasteiger partial charge in [0.1, 0.15) is 5.60 Å². The number of anilines is 1. The number of aliphatic hydroxyl groups excluding tert-OH is 1. The van der Waals surface area contributed by atoms with Crippen LogP contribution in [-0.2, 0) is 17.6 Å². The smallest absolute Gasteiger partial charge is 0.412 e. The van der Waals surface area contributed by atoms with Gasteiger partial charge in [0.25, 0.3) is 0 Å². The number of hydrogen-bond donors (Lipinski definition) is 2.